The topological polar surface area (TPSA) is 93.6 Å². The number of benzene rings is 1. The molecule has 0 aliphatic carbocycles. The molecule has 0 unspecified atom stereocenters. The van der Waals surface area contributed by atoms with Gasteiger partial charge in [0.2, 0.25) is 0 Å². The number of hydrogen-bond donors (Lipinski definition) is 2. The SMILES string of the molecule is COc1ccc(/C(N)=N/O)c(Sc2ncns2)c1. The quantitative estimate of drug-likeness (QED) is 0.384. The average molecular weight is 282 g/mol. The van der Waals surface area contributed by atoms with E-state index in [4.69, 9.17) is 15.7 Å². The molecule has 0 atom stereocenters. The molecule has 0 aliphatic heterocycles. The maximum absolute atomic E-state index is 8.76. The summed E-state index contributed by atoms with van der Waals surface area (Å²) in [6.07, 6.45) is 1.48. The Balaban J connectivity index is 2.41. The molecule has 0 amide bonds. The molecule has 8 heteroatoms. The highest BCUT2D eigenvalue weighted by atomic mass is 32.2. The van der Waals surface area contributed by atoms with Gasteiger partial charge in [0.25, 0.3) is 0 Å². The van der Waals surface area contributed by atoms with Gasteiger partial charge in [-0.15, -0.1) is 0 Å². The van der Waals surface area contributed by atoms with Gasteiger partial charge in [0.1, 0.15) is 12.1 Å². The molecule has 0 saturated carbocycles. The van der Waals surface area contributed by atoms with Crippen LogP contribution in [0.4, 0.5) is 0 Å². The van der Waals surface area contributed by atoms with Crippen molar-refractivity contribution < 1.29 is 9.94 Å². The van der Waals surface area contributed by atoms with Crippen LogP contribution in [0.25, 0.3) is 0 Å². The predicted octanol–water partition coefficient (Wildman–Crippen LogP) is 1.79. The molecule has 0 radical (unpaired) electrons. The van der Waals surface area contributed by atoms with Crippen LogP contribution in [0.5, 0.6) is 5.75 Å². The summed E-state index contributed by atoms with van der Waals surface area (Å²) in [6.45, 7) is 0. The summed E-state index contributed by atoms with van der Waals surface area (Å²) in [5, 5.41) is 11.8. The van der Waals surface area contributed by atoms with Crippen molar-refractivity contribution in [2.24, 2.45) is 10.9 Å². The van der Waals surface area contributed by atoms with E-state index < -0.39 is 0 Å². The van der Waals surface area contributed by atoms with Crippen molar-refractivity contribution in [3.05, 3.63) is 30.1 Å². The van der Waals surface area contributed by atoms with E-state index in [1.54, 1.807) is 25.3 Å². The maximum Gasteiger partial charge on any atom is 0.174 e. The lowest BCUT2D eigenvalue weighted by Gasteiger charge is -2.08. The van der Waals surface area contributed by atoms with Gasteiger partial charge in [-0.3, -0.25) is 0 Å². The van der Waals surface area contributed by atoms with E-state index in [2.05, 4.69) is 14.5 Å². The lowest BCUT2D eigenvalue weighted by Crippen LogP contribution is -2.14. The standard InChI is InChI=1S/C10H10N4O2S2/c1-16-6-2-3-7(9(11)14-15)8(4-6)17-10-12-5-13-18-10/h2-5,15H,1H3,(H2,11,14). The van der Waals surface area contributed by atoms with E-state index in [-0.39, 0.29) is 5.84 Å². The molecule has 0 spiro atoms. The molecule has 0 bridgehead atoms. The Hall–Kier alpha value is -1.80. The third-order valence-electron chi connectivity index (χ3n) is 2.11. The number of nitrogens with two attached hydrogens (primary N) is 1. The van der Waals surface area contributed by atoms with Gasteiger partial charge in [-0.05, 0) is 29.7 Å². The summed E-state index contributed by atoms with van der Waals surface area (Å²) >= 11 is 2.66. The van der Waals surface area contributed by atoms with Crippen LogP contribution in [0.2, 0.25) is 0 Å². The molecule has 1 heterocycles. The van der Waals surface area contributed by atoms with Gasteiger partial charge < -0.3 is 15.7 Å². The Morgan fingerprint density at radius 3 is 3.00 bits per heavy atom. The molecule has 94 valence electrons. The Kier molecular flexibility index (Phi) is 4.00. The molecule has 2 rings (SSSR count). The minimum atomic E-state index is 0.0460. The van der Waals surface area contributed by atoms with Crippen LogP contribution in [0, 0.1) is 0 Å². The van der Waals surface area contributed by atoms with Crippen molar-refractivity contribution in [3.8, 4) is 5.75 Å². The normalized spacial score (nSPS) is 11.5. The van der Waals surface area contributed by atoms with Crippen LogP contribution in [0.15, 0.2) is 38.9 Å². The second-order valence-corrected chi connectivity index (χ2v) is 5.23. The van der Waals surface area contributed by atoms with Crippen molar-refractivity contribution in [2.45, 2.75) is 9.24 Å². The first kappa shape index (κ1) is 12.7. The van der Waals surface area contributed by atoms with Gasteiger partial charge in [-0.25, -0.2) is 4.98 Å². The van der Waals surface area contributed by atoms with Gasteiger partial charge in [0.05, 0.1) is 7.11 Å². The number of amidine groups is 1. The minimum Gasteiger partial charge on any atom is -0.497 e. The third kappa shape index (κ3) is 2.71. The number of aromatic nitrogens is 2. The smallest absolute Gasteiger partial charge is 0.174 e. The van der Waals surface area contributed by atoms with Gasteiger partial charge in [-0.2, -0.15) is 4.37 Å². The van der Waals surface area contributed by atoms with Crippen molar-refractivity contribution in [1.29, 1.82) is 0 Å². The molecular weight excluding hydrogens is 272 g/mol. The molecule has 3 N–H and O–H groups in total. The summed E-state index contributed by atoms with van der Waals surface area (Å²) in [6, 6.07) is 5.29. The van der Waals surface area contributed by atoms with Crippen LogP contribution in [-0.4, -0.2) is 27.5 Å². The van der Waals surface area contributed by atoms with Crippen molar-refractivity contribution >= 4 is 29.1 Å². The van der Waals surface area contributed by atoms with Crippen LogP contribution in [-0.2, 0) is 0 Å². The van der Waals surface area contributed by atoms with Gasteiger partial charge >= 0.3 is 0 Å². The number of rotatable bonds is 4. The molecule has 0 saturated heterocycles. The summed E-state index contributed by atoms with van der Waals surface area (Å²) < 4.78 is 9.85. The Morgan fingerprint density at radius 1 is 1.56 bits per heavy atom. The van der Waals surface area contributed by atoms with Gasteiger partial charge in [0, 0.05) is 10.5 Å². The first-order valence-corrected chi connectivity index (χ1v) is 6.44. The van der Waals surface area contributed by atoms with Crippen LogP contribution in [0.1, 0.15) is 5.56 Å². The largest absolute Gasteiger partial charge is 0.497 e. The number of ether oxygens (including phenoxy) is 1. The Labute approximate surface area is 112 Å². The molecule has 0 fully saturated rings. The fraction of sp³-hybridized carbons (Fsp3) is 0.100. The fourth-order valence-corrected chi connectivity index (χ4v) is 2.85. The van der Waals surface area contributed by atoms with Gasteiger partial charge in [0.15, 0.2) is 10.2 Å². The maximum atomic E-state index is 8.76. The summed E-state index contributed by atoms with van der Waals surface area (Å²) in [7, 11) is 1.58. The molecule has 6 nitrogen and oxygen atoms in total. The number of methoxy groups -OCH3 is 1. The summed E-state index contributed by atoms with van der Waals surface area (Å²) in [5.74, 6) is 0.737. The van der Waals surface area contributed by atoms with E-state index in [0.29, 0.717) is 11.3 Å². The van der Waals surface area contributed by atoms with Crippen molar-refractivity contribution in [1.82, 2.24) is 9.36 Å². The van der Waals surface area contributed by atoms with E-state index in [1.165, 1.54) is 29.6 Å². The number of oxime groups is 1. The summed E-state index contributed by atoms with van der Waals surface area (Å²) in [4.78, 5) is 4.87. The highest BCUT2D eigenvalue weighted by Crippen LogP contribution is 2.33. The minimum absolute atomic E-state index is 0.0460. The Bertz CT molecular complexity index is 557. The zero-order valence-electron chi connectivity index (χ0n) is 9.40. The highest BCUT2D eigenvalue weighted by molar-refractivity contribution is 8.01. The van der Waals surface area contributed by atoms with E-state index in [1.807, 2.05) is 0 Å². The monoisotopic (exact) mass is 282 g/mol. The average Bonchev–Trinajstić information content (AvgIpc) is 2.90. The number of nitrogens with zero attached hydrogens (tertiary/aromatic N) is 3. The first-order valence-electron chi connectivity index (χ1n) is 4.85. The second kappa shape index (κ2) is 5.69. The molecule has 1 aromatic carbocycles. The summed E-state index contributed by atoms with van der Waals surface area (Å²) in [5.41, 5.74) is 6.25. The molecule has 2 aromatic rings. The van der Waals surface area contributed by atoms with E-state index in [9.17, 15) is 0 Å². The van der Waals surface area contributed by atoms with Crippen molar-refractivity contribution in [2.75, 3.05) is 7.11 Å². The molecule has 0 aliphatic rings. The van der Waals surface area contributed by atoms with Gasteiger partial charge in [-0.1, -0.05) is 16.9 Å². The zero-order chi connectivity index (χ0) is 13.0. The predicted molar refractivity (Wildman–Crippen MR) is 69.5 cm³/mol. The van der Waals surface area contributed by atoms with E-state index >= 15 is 0 Å². The second-order valence-electron chi connectivity index (χ2n) is 3.16. The molecular formula is C10H10N4O2S2. The lowest BCUT2D eigenvalue weighted by molar-refractivity contribution is 0.318. The van der Waals surface area contributed by atoms with Crippen molar-refractivity contribution in [3.63, 3.8) is 0 Å². The van der Waals surface area contributed by atoms with Crippen LogP contribution < -0.4 is 10.5 Å². The van der Waals surface area contributed by atoms with Crippen LogP contribution in [0.3, 0.4) is 0 Å². The first-order chi connectivity index (χ1) is 8.74. The van der Waals surface area contributed by atoms with Crippen LogP contribution >= 0.6 is 23.3 Å². The van der Waals surface area contributed by atoms with E-state index in [0.717, 1.165) is 9.24 Å². The third-order valence-corrected chi connectivity index (χ3v) is 3.88. The fourth-order valence-electron chi connectivity index (χ4n) is 1.28. The molecule has 18 heavy (non-hydrogen) atoms. The number of hydrogen-bond acceptors (Lipinski definition) is 7. The molecule has 1 aromatic heterocycles. The zero-order valence-corrected chi connectivity index (χ0v) is 11.0. The highest BCUT2D eigenvalue weighted by Gasteiger charge is 2.11. The lowest BCUT2D eigenvalue weighted by atomic mass is 10.2. The Morgan fingerprint density at radius 2 is 2.39 bits per heavy atom.